The molecular formula is C10H14ClNO2. The number of hydrogen-bond acceptors (Lipinski definition) is 3. The zero-order valence-electron chi connectivity index (χ0n) is 8.25. The molecule has 3 N–H and O–H groups in total. The number of halogens is 1. The number of rotatable bonds is 3. The van der Waals surface area contributed by atoms with Crippen LogP contribution < -0.4 is 5.90 Å². The number of hydrogen-bond donors (Lipinski definition) is 2. The van der Waals surface area contributed by atoms with Crippen molar-refractivity contribution in [3.05, 3.63) is 28.8 Å². The molecule has 0 amide bonds. The van der Waals surface area contributed by atoms with Crippen LogP contribution in [0.25, 0.3) is 0 Å². The summed E-state index contributed by atoms with van der Waals surface area (Å²) in [5.74, 6) is 5.12. The quantitative estimate of drug-likeness (QED) is 0.761. The number of para-hydroxylation sites is 1. The van der Waals surface area contributed by atoms with Crippen molar-refractivity contribution in [3.8, 4) is 5.75 Å². The fraction of sp³-hybridized carbons (Fsp3) is 0.400. The van der Waals surface area contributed by atoms with Gasteiger partial charge in [-0.05, 0) is 6.07 Å². The lowest BCUT2D eigenvalue weighted by Gasteiger charge is -2.24. The Labute approximate surface area is 88.4 Å². The average molecular weight is 216 g/mol. The molecule has 0 unspecified atom stereocenters. The SMILES string of the molecule is CC(C)(CON)c1cccc(Cl)c1O. The maximum Gasteiger partial charge on any atom is 0.137 e. The van der Waals surface area contributed by atoms with Gasteiger partial charge >= 0.3 is 0 Å². The first-order valence-corrected chi connectivity index (χ1v) is 4.66. The maximum absolute atomic E-state index is 9.73. The van der Waals surface area contributed by atoms with Crippen molar-refractivity contribution in [2.24, 2.45) is 5.90 Å². The molecule has 0 bridgehead atoms. The number of aromatic hydroxyl groups is 1. The first-order chi connectivity index (χ1) is 6.49. The van der Waals surface area contributed by atoms with Gasteiger partial charge < -0.3 is 9.94 Å². The second kappa shape index (κ2) is 4.17. The second-order valence-electron chi connectivity index (χ2n) is 3.83. The van der Waals surface area contributed by atoms with Crippen molar-refractivity contribution in [3.63, 3.8) is 0 Å². The van der Waals surface area contributed by atoms with E-state index >= 15 is 0 Å². The highest BCUT2D eigenvalue weighted by atomic mass is 35.5. The van der Waals surface area contributed by atoms with E-state index in [2.05, 4.69) is 4.84 Å². The minimum absolute atomic E-state index is 0.0937. The highest BCUT2D eigenvalue weighted by Gasteiger charge is 2.25. The lowest BCUT2D eigenvalue weighted by atomic mass is 9.85. The maximum atomic E-state index is 9.73. The minimum atomic E-state index is -0.357. The van der Waals surface area contributed by atoms with Gasteiger partial charge in [-0.25, -0.2) is 5.90 Å². The van der Waals surface area contributed by atoms with E-state index in [1.165, 1.54) is 0 Å². The first kappa shape index (κ1) is 11.3. The van der Waals surface area contributed by atoms with Crippen molar-refractivity contribution in [1.29, 1.82) is 0 Å². The molecule has 3 nitrogen and oxygen atoms in total. The molecule has 1 aromatic carbocycles. The van der Waals surface area contributed by atoms with Gasteiger partial charge in [-0.2, -0.15) is 0 Å². The third kappa shape index (κ3) is 2.18. The molecule has 1 aromatic rings. The molecule has 0 spiro atoms. The van der Waals surface area contributed by atoms with Crippen LogP contribution >= 0.6 is 11.6 Å². The van der Waals surface area contributed by atoms with E-state index in [-0.39, 0.29) is 11.2 Å². The van der Waals surface area contributed by atoms with Crippen LogP contribution in [0, 0.1) is 0 Å². The van der Waals surface area contributed by atoms with E-state index in [4.69, 9.17) is 17.5 Å². The Bertz CT molecular complexity index is 326. The third-order valence-electron chi connectivity index (χ3n) is 2.16. The van der Waals surface area contributed by atoms with Crippen molar-refractivity contribution in [2.75, 3.05) is 6.61 Å². The lowest BCUT2D eigenvalue weighted by Crippen LogP contribution is -2.26. The monoisotopic (exact) mass is 215 g/mol. The summed E-state index contributed by atoms with van der Waals surface area (Å²) in [6.07, 6.45) is 0. The largest absolute Gasteiger partial charge is 0.506 e. The van der Waals surface area contributed by atoms with E-state index in [9.17, 15) is 5.11 Å². The van der Waals surface area contributed by atoms with Crippen LogP contribution in [-0.4, -0.2) is 11.7 Å². The fourth-order valence-electron chi connectivity index (χ4n) is 1.35. The summed E-state index contributed by atoms with van der Waals surface area (Å²) in [7, 11) is 0. The predicted molar refractivity (Wildman–Crippen MR) is 56.3 cm³/mol. The molecule has 0 atom stereocenters. The van der Waals surface area contributed by atoms with Crippen LogP contribution in [0.3, 0.4) is 0 Å². The van der Waals surface area contributed by atoms with Crippen LogP contribution in [0.4, 0.5) is 0 Å². The minimum Gasteiger partial charge on any atom is -0.506 e. The van der Waals surface area contributed by atoms with Crippen LogP contribution in [0.5, 0.6) is 5.75 Å². The Morgan fingerprint density at radius 2 is 2.14 bits per heavy atom. The van der Waals surface area contributed by atoms with E-state index < -0.39 is 0 Å². The Kier molecular flexibility index (Phi) is 3.37. The van der Waals surface area contributed by atoms with Crippen LogP contribution in [-0.2, 0) is 10.3 Å². The Morgan fingerprint density at radius 1 is 1.50 bits per heavy atom. The molecule has 0 aromatic heterocycles. The lowest BCUT2D eigenvalue weighted by molar-refractivity contribution is 0.0955. The zero-order chi connectivity index (χ0) is 10.8. The summed E-state index contributed by atoms with van der Waals surface area (Å²) in [4.78, 5) is 4.60. The third-order valence-corrected chi connectivity index (χ3v) is 2.47. The van der Waals surface area contributed by atoms with E-state index in [0.717, 1.165) is 5.56 Å². The van der Waals surface area contributed by atoms with Crippen LogP contribution in [0.2, 0.25) is 5.02 Å². The van der Waals surface area contributed by atoms with Gasteiger partial charge in [0.05, 0.1) is 11.6 Å². The van der Waals surface area contributed by atoms with Crippen LogP contribution in [0.15, 0.2) is 18.2 Å². The molecule has 0 fully saturated rings. The van der Waals surface area contributed by atoms with Gasteiger partial charge in [0.1, 0.15) is 5.75 Å². The molecule has 14 heavy (non-hydrogen) atoms. The van der Waals surface area contributed by atoms with Gasteiger partial charge in [0.15, 0.2) is 0 Å². The predicted octanol–water partition coefficient (Wildman–Crippen LogP) is 2.21. The van der Waals surface area contributed by atoms with E-state index in [0.29, 0.717) is 11.6 Å². The number of phenolic OH excluding ortho intramolecular Hbond substituents is 1. The van der Waals surface area contributed by atoms with Gasteiger partial charge in [0.2, 0.25) is 0 Å². The fourth-order valence-corrected chi connectivity index (χ4v) is 1.52. The van der Waals surface area contributed by atoms with Gasteiger partial charge in [0, 0.05) is 11.0 Å². The second-order valence-corrected chi connectivity index (χ2v) is 4.24. The molecule has 0 aliphatic rings. The summed E-state index contributed by atoms with van der Waals surface area (Å²) in [6, 6.07) is 5.23. The molecule has 0 aliphatic carbocycles. The summed E-state index contributed by atoms with van der Waals surface area (Å²) < 4.78 is 0. The average Bonchev–Trinajstić information content (AvgIpc) is 2.09. The number of benzene rings is 1. The van der Waals surface area contributed by atoms with Crippen molar-refractivity contribution >= 4 is 11.6 Å². The highest BCUT2D eigenvalue weighted by Crippen LogP contribution is 2.35. The first-order valence-electron chi connectivity index (χ1n) is 4.28. The molecule has 1 rings (SSSR count). The number of phenols is 1. The van der Waals surface area contributed by atoms with Gasteiger partial charge in [-0.3, -0.25) is 0 Å². The highest BCUT2D eigenvalue weighted by molar-refractivity contribution is 6.32. The molecule has 4 heteroatoms. The Hall–Kier alpha value is -0.770. The standard InChI is InChI=1S/C10H14ClNO2/c1-10(2,6-14-12)7-4-3-5-8(11)9(7)13/h3-5,13H,6,12H2,1-2H3. The van der Waals surface area contributed by atoms with Gasteiger partial charge in [-0.15, -0.1) is 0 Å². The van der Waals surface area contributed by atoms with E-state index in [1.807, 2.05) is 13.8 Å². The molecule has 0 heterocycles. The smallest absolute Gasteiger partial charge is 0.137 e. The van der Waals surface area contributed by atoms with Crippen molar-refractivity contribution in [1.82, 2.24) is 0 Å². The summed E-state index contributed by atoms with van der Waals surface area (Å²) in [5, 5.41) is 10.1. The molecular weight excluding hydrogens is 202 g/mol. The molecule has 0 saturated heterocycles. The van der Waals surface area contributed by atoms with Crippen molar-refractivity contribution < 1.29 is 9.94 Å². The summed E-state index contributed by atoms with van der Waals surface area (Å²) in [6.45, 7) is 4.16. The molecule has 0 radical (unpaired) electrons. The molecule has 0 saturated carbocycles. The van der Waals surface area contributed by atoms with Crippen molar-refractivity contribution in [2.45, 2.75) is 19.3 Å². The van der Waals surface area contributed by atoms with Crippen LogP contribution in [0.1, 0.15) is 19.4 Å². The van der Waals surface area contributed by atoms with E-state index in [1.54, 1.807) is 18.2 Å². The normalized spacial score (nSPS) is 11.7. The Balaban J connectivity index is 3.12. The Morgan fingerprint density at radius 3 is 2.71 bits per heavy atom. The summed E-state index contributed by atoms with van der Waals surface area (Å²) in [5.41, 5.74) is 0.374. The van der Waals surface area contributed by atoms with Gasteiger partial charge in [0.25, 0.3) is 0 Å². The zero-order valence-corrected chi connectivity index (χ0v) is 9.01. The summed E-state index contributed by atoms with van der Waals surface area (Å²) >= 11 is 5.80. The van der Waals surface area contributed by atoms with Gasteiger partial charge in [-0.1, -0.05) is 37.6 Å². The topological polar surface area (TPSA) is 55.5 Å². The molecule has 0 aliphatic heterocycles. The number of nitrogens with two attached hydrogens (primary N) is 1. The molecule has 78 valence electrons.